The van der Waals surface area contributed by atoms with E-state index in [1.165, 1.54) is 0 Å². The number of sulfonamides is 1. The molecule has 0 saturated carbocycles. The Balaban J connectivity index is 0.00000180. The second-order valence-corrected chi connectivity index (χ2v) is 7.00. The van der Waals surface area contributed by atoms with Crippen LogP contribution < -0.4 is 10.0 Å². The van der Waals surface area contributed by atoms with Crippen LogP contribution >= 0.6 is 12.4 Å². The highest BCUT2D eigenvalue weighted by Crippen LogP contribution is 2.24. The maximum absolute atomic E-state index is 12.1. The van der Waals surface area contributed by atoms with Gasteiger partial charge in [-0.25, -0.2) is 13.1 Å². The van der Waals surface area contributed by atoms with E-state index >= 15 is 0 Å². The van der Waals surface area contributed by atoms with E-state index in [-0.39, 0.29) is 17.8 Å². The molecule has 2 rings (SSSR count). The van der Waals surface area contributed by atoms with E-state index in [0.29, 0.717) is 11.4 Å². The summed E-state index contributed by atoms with van der Waals surface area (Å²) in [6, 6.07) is 8.51. The minimum absolute atomic E-state index is 0. The molecule has 1 aromatic carbocycles. The van der Waals surface area contributed by atoms with E-state index in [1.54, 1.807) is 24.3 Å². The van der Waals surface area contributed by atoms with Crippen molar-refractivity contribution in [1.82, 2.24) is 10.0 Å². The summed E-state index contributed by atoms with van der Waals surface area (Å²) < 4.78 is 26.9. The Morgan fingerprint density at radius 1 is 1.32 bits per heavy atom. The van der Waals surface area contributed by atoms with Gasteiger partial charge in [0.2, 0.25) is 10.0 Å². The van der Waals surface area contributed by atoms with Gasteiger partial charge in [-0.3, -0.25) is 0 Å². The van der Waals surface area contributed by atoms with Crippen molar-refractivity contribution in [3.8, 4) is 0 Å². The summed E-state index contributed by atoms with van der Waals surface area (Å²) >= 11 is 0. The highest BCUT2D eigenvalue weighted by molar-refractivity contribution is 7.89. The number of rotatable bonds is 4. The SMILES string of the molecule is CC1(CNS(=O)(=O)c2ccccc2)CCCNC1.Cl. The largest absolute Gasteiger partial charge is 0.316 e. The lowest BCUT2D eigenvalue weighted by Gasteiger charge is -2.34. The number of hydrogen-bond donors (Lipinski definition) is 2. The molecule has 1 heterocycles. The van der Waals surface area contributed by atoms with E-state index in [1.807, 2.05) is 6.07 Å². The highest BCUT2D eigenvalue weighted by atomic mass is 35.5. The molecule has 1 unspecified atom stereocenters. The Kier molecular flexibility index (Phi) is 5.80. The van der Waals surface area contributed by atoms with Crippen molar-refractivity contribution in [2.24, 2.45) is 5.41 Å². The van der Waals surface area contributed by atoms with Gasteiger partial charge in [-0.2, -0.15) is 0 Å². The first-order valence-electron chi connectivity index (χ1n) is 6.27. The smallest absolute Gasteiger partial charge is 0.240 e. The molecule has 0 aromatic heterocycles. The Hall–Kier alpha value is -0.620. The Morgan fingerprint density at radius 3 is 2.58 bits per heavy atom. The first-order chi connectivity index (χ1) is 8.52. The summed E-state index contributed by atoms with van der Waals surface area (Å²) in [5.74, 6) is 0. The average Bonchev–Trinajstić information content (AvgIpc) is 2.39. The number of piperidine rings is 1. The van der Waals surface area contributed by atoms with Gasteiger partial charge in [-0.15, -0.1) is 12.4 Å². The fourth-order valence-electron chi connectivity index (χ4n) is 2.22. The molecule has 0 radical (unpaired) electrons. The molecule has 2 N–H and O–H groups in total. The van der Waals surface area contributed by atoms with Crippen LogP contribution in [0.15, 0.2) is 35.2 Å². The van der Waals surface area contributed by atoms with Gasteiger partial charge in [0, 0.05) is 13.1 Å². The van der Waals surface area contributed by atoms with Gasteiger partial charge in [0.25, 0.3) is 0 Å². The quantitative estimate of drug-likeness (QED) is 0.891. The molecule has 1 aliphatic rings. The van der Waals surface area contributed by atoms with Gasteiger partial charge < -0.3 is 5.32 Å². The number of nitrogens with one attached hydrogen (secondary N) is 2. The van der Waals surface area contributed by atoms with Crippen LogP contribution in [0.1, 0.15) is 19.8 Å². The Bertz CT molecular complexity index is 485. The molecule has 1 saturated heterocycles. The zero-order valence-corrected chi connectivity index (χ0v) is 12.7. The second kappa shape index (κ2) is 6.70. The normalized spacial score (nSPS) is 23.6. The van der Waals surface area contributed by atoms with Gasteiger partial charge >= 0.3 is 0 Å². The molecule has 108 valence electrons. The van der Waals surface area contributed by atoms with Crippen LogP contribution in [0, 0.1) is 5.41 Å². The molecular weight excluding hydrogens is 284 g/mol. The number of halogens is 1. The molecule has 0 spiro atoms. The standard InChI is InChI=1S/C13H20N2O2S.ClH/c1-13(8-5-9-14-10-13)11-15-18(16,17)12-6-3-2-4-7-12;/h2-4,6-7,14-15H,5,8-11H2,1H3;1H. The zero-order chi connectivity index (χ0) is 13.1. The maximum atomic E-state index is 12.1. The summed E-state index contributed by atoms with van der Waals surface area (Å²) in [6.07, 6.45) is 2.15. The van der Waals surface area contributed by atoms with Crippen molar-refractivity contribution in [3.63, 3.8) is 0 Å². The molecule has 4 nitrogen and oxygen atoms in total. The Morgan fingerprint density at radius 2 is 2.00 bits per heavy atom. The fraction of sp³-hybridized carbons (Fsp3) is 0.538. The molecule has 0 bridgehead atoms. The van der Waals surface area contributed by atoms with E-state index in [4.69, 9.17) is 0 Å². The highest BCUT2D eigenvalue weighted by Gasteiger charge is 2.28. The molecule has 1 fully saturated rings. The molecule has 6 heteroatoms. The topological polar surface area (TPSA) is 58.2 Å². The monoisotopic (exact) mass is 304 g/mol. The molecule has 0 aliphatic carbocycles. The summed E-state index contributed by atoms with van der Waals surface area (Å²) in [5.41, 5.74) is 0.0140. The lowest BCUT2D eigenvalue weighted by atomic mass is 9.83. The van der Waals surface area contributed by atoms with Crippen LogP contribution in [0.25, 0.3) is 0 Å². The summed E-state index contributed by atoms with van der Waals surface area (Å²) in [7, 11) is -3.38. The average molecular weight is 305 g/mol. The van der Waals surface area contributed by atoms with E-state index in [0.717, 1.165) is 25.9 Å². The lowest BCUT2D eigenvalue weighted by molar-refractivity contribution is 0.238. The van der Waals surface area contributed by atoms with Crippen molar-refractivity contribution in [3.05, 3.63) is 30.3 Å². The third-order valence-electron chi connectivity index (χ3n) is 3.43. The minimum Gasteiger partial charge on any atom is -0.316 e. The summed E-state index contributed by atoms with van der Waals surface area (Å²) in [6.45, 7) is 4.50. The maximum Gasteiger partial charge on any atom is 0.240 e. The van der Waals surface area contributed by atoms with Crippen LogP contribution in [0.5, 0.6) is 0 Å². The minimum atomic E-state index is -3.38. The van der Waals surface area contributed by atoms with Crippen LogP contribution in [0.2, 0.25) is 0 Å². The van der Waals surface area contributed by atoms with Gasteiger partial charge in [-0.05, 0) is 36.9 Å². The summed E-state index contributed by atoms with van der Waals surface area (Å²) in [4.78, 5) is 0.331. The molecule has 1 aromatic rings. The number of hydrogen-bond acceptors (Lipinski definition) is 3. The van der Waals surface area contributed by atoms with Crippen LogP contribution in [0.4, 0.5) is 0 Å². The predicted octanol–water partition coefficient (Wildman–Crippen LogP) is 1.78. The molecule has 19 heavy (non-hydrogen) atoms. The van der Waals surface area contributed by atoms with Crippen LogP contribution in [-0.2, 0) is 10.0 Å². The fourth-order valence-corrected chi connectivity index (χ4v) is 3.44. The van der Waals surface area contributed by atoms with E-state index < -0.39 is 10.0 Å². The van der Waals surface area contributed by atoms with Gasteiger partial charge in [-0.1, -0.05) is 25.1 Å². The van der Waals surface area contributed by atoms with Gasteiger partial charge in [0.05, 0.1) is 4.90 Å². The lowest BCUT2D eigenvalue weighted by Crippen LogP contribution is -2.45. The third kappa shape index (κ3) is 4.45. The van der Waals surface area contributed by atoms with Crippen molar-refractivity contribution < 1.29 is 8.42 Å². The third-order valence-corrected chi connectivity index (χ3v) is 4.85. The van der Waals surface area contributed by atoms with E-state index in [2.05, 4.69) is 17.0 Å². The first-order valence-corrected chi connectivity index (χ1v) is 7.76. The van der Waals surface area contributed by atoms with Gasteiger partial charge in [0.15, 0.2) is 0 Å². The van der Waals surface area contributed by atoms with Crippen molar-refractivity contribution in [1.29, 1.82) is 0 Å². The summed E-state index contributed by atoms with van der Waals surface area (Å²) in [5, 5.41) is 3.32. The Labute approximate surface area is 121 Å². The second-order valence-electron chi connectivity index (χ2n) is 5.23. The van der Waals surface area contributed by atoms with Crippen molar-refractivity contribution in [2.75, 3.05) is 19.6 Å². The van der Waals surface area contributed by atoms with E-state index in [9.17, 15) is 8.42 Å². The first kappa shape index (κ1) is 16.4. The van der Waals surface area contributed by atoms with Crippen molar-refractivity contribution >= 4 is 22.4 Å². The molecular formula is C13H21ClN2O2S. The molecule has 1 atom stereocenters. The zero-order valence-electron chi connectivity index (χ0n) is 11.1. The molecule has 1 aliphatic heterocycles. The molecule has 0 amide bonds. The van der Waals surface area contributed by atoms with Crippen LogP contribution in [-0.4, -0.2) is 28.1 Å². The van der Waals surface area contributed by atoms with Crippen LogP contribution in [0.3, 0.4) is 0 Å². The van der Waals surface area contributed by atoms with Gasteiger partial charge in [0.1, 0.15) is 0 Å². The number of benzene rings is 1. The van der Waals surface area contributed by atoms with Crippen molar-refractivity contribution in [2.45, 2.75) is 24.7 Å². The predicted molar refractivity (Wildman–Crippen MR) is 79.1 cm³/mol.